The summed E-state index contributed by atoms with van der Waals surface area (Å²) < 4.78 is 5.92. The van der Waals surface area contributed by atoms with E-state index in [9.17, 15) is 9.90 Å². The van der Waals surface area contributed by atoms with Crippen molar-refractivity contribution in [3.8, 4) is 0 Å². The van der Waals surface area contributed by atoms with Gasteiger partial charge in [-0.05, 0) is 53.4 Å². The lowest BCUT2D eigenvalue weighted by atomic mass is 9.61. The molecule has 5 rings (SSSR count). The summed E-state index contributed by atoms with van der Waals surface area (Å²) in [6.45, 7) is 2.99. The molecule has 1 aromatic heterocycles. The van der Waals surface area contributed by atoms with E-state index in [2.05, 4.69) is 36.1 Å². The van der Waals surface area contributed by atoms with Gasteiger partial charge in [0.25, 0.3) is 0 Å². The average molecular weight is 411 g/mol. The molecule has 3 aliphatic carbocycles. The Morgan fingerprint density at radius 2 is 1.88 bits per heavy atom. The van der Waals surface area contributed by atoms with E-state index in [1.54, 1.807) is 0 Å². The molecule has 4 aliphatic rings. The van der Waals surface area contributed by atoms with Crippen LogP contribution in [0.5, 0.6) is 0 Å². The zero-order chi connectivity index (χ0) is 17.4. The van der Waals surface area contributed by atoms with E-state index in [4.69, 9.17) is 4.74 Å². The highest BCUT2D eigenvalue weighted by Gasteiger charge is 2.47. The van der Waals surface area contributed by atoms with Crippen LogP contribution >= 0.6 is 15.9 Å². The van der Waals surface area contributed by atoms with Crippen LogP contribution in [-0.2, 0) is 9.53 Å². The third-order valence-electron chi connectivity index (χ3n) is 5.84. The van der Waals surface area contributed by atoms with E-state index in [0.717, 1.165) is 44.6 Å². The van der Waals surface area contributed by atoms with Crippen LogP contribution in [0.3, 0.4) is 0 Å². The van der Waals surface area contributed by atoms with E-state index in [-0.39, 0.29) is 17.9 Å². The number of aliphatic carboxylic acids is 1. The minimum atomic E-state index is -0.687. The van der Waals surface area contributed by atoms with E-state index < -0.39 is 5.97 Å². The Hall–Kier alpha value is -1.41. The van der Waals surface area contributed by atoms with Gasteiger partial charge in [0.2, 0.25) is 0 Å². The summed E-state index contributed by atoms with van der Waals surface area (Å²) in [7, 11) is 0. The number of hydrogen-bond acceptors (Lipinski definition) is 6. The van der Waals surface area contributed by atoms with Gasteiger partial charge in [-0.25, -0.2) is 9.97 Å². The minimum absolute atomic E-state index is 0.0515. The molecule has 1 aliphatic heterocycles. The molecule has 3 saturated carbocycles. The summed E-state index contributed by atoms with van der Waals surface area (Å²) in [6, 6.07) is 1.88. The van der Waals surface area contributed by atoms with Crippen LogP contribution in [0.15, 0.2) is 10.8 Å². The van der Waals surface area contributed by atoms with Crippen molar-refractivity contribution >= 4 is 33.5 Å². The number of hydrogen-bond donors (Lipinski definition) is 2. The molecule has 2 unspecified atom stereocenters. The normalized spacial score (nSPS) is 31.8. The Kier molecular flexibility index (Phi) is 4.82. The van der Waals surface area contributed by atoms with Gasteiger partial charge in [-0.15, -0.1) is 0 Å². The zero-order valence-electron chi connectivity index (χ0n) is 14.0. The van der Waals surface area contributed by atoms with Gasteiger partial charge in [0, 0.05) is 25.2 Å². The highest BCUT2D eigenvalue weighted by Crippen LogP contribution is 2.46. The molecule has 8 heteroatoms. The second kappa shape index (κ2) is 7.07. The van der Waals surface area contributed by atoms with Crippen molar-refractivity contribution in [2.75, 3.05) is 36.5 Å². The van der Waals surface area contributed by atoms with Crippen LogP contribution in [0.2, 0.25) is 0 Å². The molecule has 2 atom stereocenters. The number of ether oxygens (including phenoxy) is 1. The highest BCUT2D eigenvalue weighted by molar-refractivity contribution is 9.10. The number of carbonyl (C=O) groups is 1. The van der Waals surface area contributed by atoms with E-state index in [1.807, 2.05) is 6.07 Å². The molecule has 0 amide bonds. The molecule has 2 bridgehead atoms. The second-order valence-corrected chi connectivity index (χ2v) is 7.90. The Morgan fingerprint density at radius 1 is 1.20 bits per heavy atom. The van der Waals surface area contributed by atoms with E-state index >= 15 is 0 Å². The van der Waals surface area contributed by atoms with Gasteiger partial charge in [0.1, 0.15) is 11.6 Å². The van der Waals surface area contributed by atoms with Crippen LogP contribution in [-0.4, -0.2) is 53.4 Å². The molecule has 2 N–H and O–H groups in total. The first-order valence-electron chi connectivity index (χ1n) is 8.98. The predicted octanol–water partition coefficient (Wildman–Crippen LogP) is 2.38. The predicted molar refractivity (Wildman–Crippen MR) is 96.7 cm³/mol. The number of morpholine rings is 1. The summed E-state index contributed by atoms with van der Waals surface area (Å²) in [5, 5.41) is 13.2. The highest BCUT2D eigenvalue weighted by atomic mass is 79.9. The molecule has 136 valence electrons. The van der Waals surface area contributed by atoms with Crippen molar-refractivity contribution in [2.24, 2.45) is 17.8 Å². The number of halogens is 1. The standard InChI is InChI=1S/C17H23BrN4O3/c18-17-20-12(9-13(21-17)22-5-7-25-8-6-22)19-15-11-3-1-10(2-4-11)14(15)16(23)24/h9-11,14-15H,1-8H2,(H,23,24)(H,19,20,21). The van der Waals surface area contributed by atoms with Gasteiger partial charge in [-0.2, -0.15) is 0 Å². The number of carboxylic acids is 1. The number of aromatic nitrogens is 2. The Morgan fingerprint density at radius 3 is 2.56 bits per heavy atom. The van der Waals surface area contributed by atoms with Gasteiger partial charge in [0.15, 0.2) is 4.73 Å². The molecule has 2 heterocycles. The van der Waals surface area contributed by atoms with Crippen molar-refractivity contribution in [3.05, 3.63) is 10.8 Å². The number of nitrogens with zero attached hydrogens (tertiary/aromatic N) is 3. The summed E-state index contributed by atoms with van der Waals surface area (Å²) in [5.41, 5.74) is 0. The summed E-state index contributed by atoms with van der Waals surface area (Å²) >= 11 is 3.39. The van der Waals surface area contributed by atoms with Gasteiger partial charge >= 0.3 is 5.97 Å². The minimum Gasteiger partial charge on any atom is -0.481 e. The van der Waals surface area contributed by atoms with Crippen LogP contribution in [0.4, 0.5) is 11.6 Å². The molecule has 0 spiro atoms. The second-order valence-electron chi connectivity index (χ2n) is 7.19. The molecular formula is C17H23BrN4O3. The largest absolute Gasteiger partial charge is 0.481 e. The van der Waals surface area contributed by atoms with Crippen LogP contribution in [0, 0.1) is 17.8 Å². The first-order chi connectivity index (χ1) is 12.1. The SMILES string of the molecule is O=C(O)C1C2CCC(CC2)C1Nc1cc(N2CCOCC2)nc(Br)n1. The molecule has 7 nitrogen and oxygen atoms in total. The summed E-state index contributed by atoms with van der Waals surface area (Å²) in [5.74, 6) is 1.23. The fourth-order valence-electron chi connectivity index (χ4n) is 4.62. The quantitative estimate of drug-likeness (QED) is 0.736. The number of rotatable bonds is 4. The first-order valence-corrected chi connectivity index (χ1v) is 9.78. The van der Waals surface area contributed by atoms with Crippen LogP contribution < -0.4 is 10.2 Å². The molecule has 0 radical (unpaired) electrons. The fourth-order valence-corrected chi connectivity index (χ4v) is 4.99. The number of anilines is 2. The van der Waals surface area contributed by atoms with Gasteiger partial charge < -0.3 is 20.1 Å². The Balaban J connectivity index is 1.57. The van der Waals surface area contributed by atoms with Crippen LogP contribution in [0.1, 0.15) is 25.7 Å². The monoisotopic (exact) mass is 410 g/mol. The van der Waals surface area contributed by atoms with Crippen molar-refractivity contribution in [2.45, 2.75) is 31.7 Å². The maximum absolute atomic E-state index is 11.8. The van der Waals surface area contributed by atoms with Gasteiger partial charge in [-0.1, -0.05) is 0 Å². The number of fused-ring (bicyclic) bond motifs is 3. The molecular weight excluding hydrogens is 388 g/mol. The Bertz CT molecular complexity index is 645. The zero-order valence-corrected chi connectivity index (χ0v) is 15.6. The molecule has 4 fully saturated rings. The average Bonchev–Trinajstić information content (AvgIpc) is 2.62. The lowest BCUT2D eigenvalue weighted by Crippen LogP contribution is -2.51. The van der Waals surface area contributed by atoms with E-state index in [0.29, 0.717) is 29.7 Å². The maximum atomic E-state index is 11.8. The first kappa shape index (κ1) is 17.0. The third kappa shape index (κ3) is 3.46. The lowest BCUT2D eigenvalue weighted by Gasteiger charge is -2.47. The van der Waals surface area contributed by atoms with Gasteiger partial charge in [-0.3, -0.25) is 4.79 Å². The van der Waals surface area contributed by atoms with Crippen molar-refractivity contribution < 1.29 is 14.6 Å². The topological polar surface area (TPSA) is 87.6 Å². The van der Waals surface area contributed by atoms with Crippen molar-refractivity contribution in [1.29, 1.82) is 0 Å². The smallest absolute Gasteiger partial charge is 0.308 e. The maximum Gasteiger partial charge on any atom is 0.308 e. The summed E-state index contributed by atoms with van der Waals surface area (Å²) in [6.07, 6.45) is 4.28. The molecule has 1 saturated heterocycles. The number of carboxylic acid groups (broad SMARTS) is 1. The molecule has 1 aromatic rings. The molecule has 0 aromatic carbocycles. The van der Waals surface area contributed by atoms with E-state index in [1.165, 1.54) is 0 Å². The summed E-state index contributed by atoms with van der Waals surface area (Å²) in [4.78, 5) is 22.9. The Labute approximate surface area is 155 Å². The third-order valence-corrected chi connectivity index (χ3v) is 6.19. The van der Waals surface area contributed by atoms with Crippen LogP contribution in [0.25, 0.3) is 0 Å². The molecule has 25 heavy (non-hydrogen) atoms. The van der Waals surface area contributed by atoms with Gasteiger partial charge in [0.05, 0.1) is 19.1 Å². The van der Waals surface area contributed by atoms with Crippen molar-refractivity contribution in [3.63, 3.8) is 0 Å². The number of nitrogens with one attached hydrogen (secondary N) is 1. The lowest BCUT2D eigenvalue weighted by molar-refractivity contribution is -0.148. The van der Waals surface area contributed by atoms with Crippen molar-refractivity contribution in [1.82, 2.24) is 9.97 Å². The fraction of sp³-hybridized carbons (Fsp3) is 0.706.